The Balaban J connectivity index is 2.50. The highest BCUT2D eigenvalue weighted by Crippen LogP contribution is 2.63. The van der Waals surface area contributed by atoms with Crippen LogP contribution in [0.25, 0.3) is 0 Å². The molecule has 2 aliphatic rings. The first-order valence-corrected chi connectivity index (χ1v) is 5.22. The molecule has 0 amide bonds. The average molecular weight is 212 g/mol. The van der Waals surface area contributed by atoms with E-state index < -0.39 is 11.1 Å². The van der Waals surface area contributed by atoms with E-state index in [4.69, 9.17) is 0 Å². The molecule has 0 unspecified atom stereocenters. The molecule has 2 bridgehead atoms. The number of hydrogen-bond donors (Lipinski definition) is 1. The maximum atomic E-state index is 10.4. The van der Waals surface area contributed by atoms with E-state index in [2.05, 4.69) is 18.9 Å². The zero-order valence-corrected chi connectivity index (χ0v) is 9.23. The topological polar surface area (TPSA) is 75.7 Å². The quantitative estimate of drug-likeness (QED) is 0.527. The van der Waals surface area contributed by atoms with Gasteiger partial charge in [-0.25, -0.2) is 10.1 Å². The fourth-order valence-corrected chi connectivity index (χ4v) is 3.32. The van der Waals surface area contributed by atoms with Crippen LogP contribution in [-0.4, -0.2) is 22.0 Å². The third-order valence-electron chi connectivity index (χ3n) is 4.72. The Hall–Kier alpha value is -0.970. The normalized spacial score (nSPS) is 44.9. The standard InChI is InChI=1S/C10H16N2O3/c1-9(2)6-4-5-10(9,3)8(7(6)13)11-12(14)15/h6-7,13H,4-5H2,1-3H3/b11-8+/t6-,7-,10+/m1/s1. The van der Waals surface area contributed by atoms with Crippen LogP contribution in [-0.2, 0) is 0 Å². The van der Waals surface area contributed by atoms with Gasteiger partial charge in [0.15, 0.2) is 5.03 Å². The maximum absolute atomic E-state index is 10.4. The van der Waals surface area contributed by atoms with Gasteiger partial charge in [-0.1, -0.05) is 20.8 Å². The first kappa shape index (κ1) is 10.5. The number of aliphatic hydroxyl groups is 1. The maximum Gasteiger partial charge on any atom is 0.190 e. The first-order chi connectivity index (χ1) is 6.80. The summed E-state index contributed by atoms with van der Waals surface area (Å²) in [7, 11) is 0. The molecule has 0 aliphatic heterocycles. The Labute approximate surface area is 88.3 Å². The number of rotatable bonds is 1. The van der Waals surface area contributed by atoms with Crippen molar-refractivity contribution in [3.05, 3.63) is 10.1 Å². The number of hydrogen-bond acceptors (Lipinski definition) is 3. The molecule has 84 valence electrons. The lowest BCUT2D eigenvalue weighted by molar-refractivity contribution is -0.485. The summed E-state index contributed by atoms with van der Waals surface area (Å²) >= 11 is 0. The molecule has 5 heteroatoms. The number of fused-ring (bicyclic) bond motifs is 2. The third kappa shape index (κ3) is 1.10. The molecule has 0 aromatic heterocycles. The van der Waals surface area contributed by atoms with Crippen molar-refractivity contribution in [3.63, 3.8) is 0 Å². The summed E-state index contributed by atoms with van der Waals surface area (Å²) in [4.78, 5) is 10.4. The van der Waals surface area contributed by atoms with E-state index in [0.717, 1.165) is 12.8 Å². The molecule has 0 radical (unpaired) electrons. The largest absolute Gasteiger partial charge is 0.387 e. The van der Waals surface area contributed by atoms with Crippen LogP contribution in [0.4, 0.5) is 0 Å². The van der Waals surface area contributed by atoms with Gasteiger partial charge >= 0.3 is 0 Å². The molecule has 2 fully saturated rings. The SMILES string of the molecule is CC1(C)[C@@H]2CC[C@@]1(C)/C(=N/[N+](=O)[O-])[C@@H]2O. The third-order valence-corrected chi connectivity index (χ3v) is 4.72. The highest BCUT2D eigenvalue weighted by molar-refractivity contribution is 5.97. The van der Waals surface area contributed by atoms with Gasteiger partial charge < -0.3 is 5.11 Å². The van der Waals surface area contributed by atoms with Crippen molar-refractivity contribution >= 4 is 5.71 Å². The van der Waals surface area contributed by atoms with E-state index >= 15 is 0 Å². The molecule has 2 saturated carbocycles. The van der Waals surface area contributed by atoms with Crippen LogP contribution in [0.15, 0.2) is 5.10 Å². The molecule has 5 nitrogen and oxygen atoms in total. The van der Waals surface area contributed by atoms with Gasteiger partial charge in [-0.3, -0.25) is 0 Å². The van der Waals surface area contributed by atoms with Crippen LogP contribution >= 0.6 is 0 Å². The van der Waals surface area contributed by atoms with Crippen LogP contribution in [0.1, 0.15) is 33.6 Å². The second-order valence-corrected chi connectivity index (χ2v) is 5.37. The van der Waals surface area contributed by atoms with Crippen molar-refractivity contribution < 1.29 is 10.1 Å². The van der Waals surface area contributed by atoms with Crippen molar-refractivity contribution in [1.29, 1.82) is 0 Å². The van der Waals surface area contributed by atoms with Crippen LogP contribution in [0.3, 0.4) is 0 Å². The van der Waals surface area contributed by atoms with Gasteiger partial charge in [0, 0.05) is 5.41 Å². The lowest BCUT2D eigenvalue weighted by Gasteiger charge is -2.32. The monoisotopic (exact) mass is 212 g/mol. The Morgan fingerprint density at radius 3 is 2.53 bits per heavy atom. The summed E-state index contributed by atoms with van der Waals surface area (Å²) in [5.41, 5.74) is -0.0421. The van der Waals surface area contributed by atoms with Gasteiger partial charge in [0.05, 0.1) is 5.10 Å². The van der Waals surface area contributed by atoms with Gasteiger partial charge in [0.25, 0.3) is 0 Å². The van der Waals surface area contributed by atoms with Crippen molar-refractivity contribution in [2.75, 3.05) is 0 Å². The Kier molecular flexibility index (Phi) is 1.96. The van der Waals surface area contributed by atoms with E-state index in [0.29, 0.717) is 5.71 Å². The van der Waals surface area contributed by atoms with E-state index in [1.54, 1.807) is 0 Å². The smallest absolute Gasteiger partial charge is 0.190 e. The number of nitrogens with zero attached hydrogens (tertiary/aromatic N) is 2. The lowest BCUT2D eigenvalue weighted by Crippen LogP contribution is -2.35. The van der Waals surface area contributed by atoms with E-state index in [1.807, 2.05) is 6.92 Å². The molecule has 0 aromatic carbocycles. The highest BCUT2D eigenvalue weighted by Gasteiger charge is 2.65. The van der Waals surface area contributed by atoms with E-state index in [1.165, 1.54) is 0 Å². The van der Waals surface area contributed by atoms with Crippen LogP contribution in [0.5, 0.6) is 0 Å². The van der Waals surface area contributed by atoms with E-state index in [-0.39, 0.29) is 16.7 Å². The second kappa shape index (κ2) is 2.78. The minimum absolute atomic E-state index is 0.0960. The summed E-state index contributed by atoms with van der Waals surface area (Å²) in [6.45, 7) is 6.11. The molecule has 0 heterocycles. The van der Waals surface area contributed by atoms with Gasteiger partial charge in [0.2, 0.25) is 0 Å². The van der Waals surface area contributed by atoms with Crippen LogP contribution < -0.4 is 0 Å². The van der Waals surface area contributed by atoms with Gasteiger partial charge in [-0.05, 0) is 24.2 Å². The summed E-state index contributed by atoms with van der Waals surface area (Å²) in [5, 5.41) is 23.1. The summed E-state index contributed by atoms with van der Waals surface area (Å²) in [5.74, 6) is 0.112. The minimum atomic E-state index is -0.732. The van der Waals surface area contributed by atoms with Gasteiger partial charge in [-0.2, -0.15) is 0 Å². The molecular formula is C10H16N2O3. The molecule has 2 rings (SSSR count). The predicted molar refractivity (Wildman–Crippen MR) is 55.0 cm³/mol. The van der Waals surface area contributed by atoms with Crippen molar-refractivity contribution in [3.8, 4) is 0 Å². The molecule has 15 heavy (non-hydrogen) atoms. The lowest BCUT2D eigenvalue weighted by atomic mass is 9.70. The molecule has 1 N–H and O–H groups in total. The molecule has 0 aromatic rings. The summed E-state index contributed by atoms with van der Waals surface area (Å²) in [6, 6.07) is 0. The predicted octanol–water partition coefficient (Wildman–Crippen LogP) is 1.44. The van der Waals surface area contributed by atoms with Crippen molar-refractivity contribution in [2.24, 2.45) is 21.8 Å². The second-order valence-electron chi connectivity index (χ2n) is 5.37. The number of hydrazone groups is 1. The Morgan fingerprint density at radius 1 is 1.53 bits per heavy atom. The van der Waals surface area contributed by atoms with Gasteiger partial charge in [0.1, 0.15) is 11.8 Å². The van der Waals surface area contributed by atoms with Crippen LogP contribution in [0, 0.1) is 26.9 Å². The first-order valence-electron chi connectivity index (χ1n) is 5.22. The molecule has 0 spiro atoms. The Morgan fingerprint density at radius 2 is 2.13 bits per heavy atom. The summed E-state index contributed by atoms with van der Waals surface area (Å²) < 4.78 is 0. The zero-order chi connectivity index (χ0) is 11.4. The van der Waals surface area contributed by atoms with Crippen molar-refractivity contribution in [2.45, 2.75) is 39.7 Å². The number of aliphatic hydroxyl groups excluding tert-OH is 1. The summed E-state index contributed by atoms with van der Waals surface area (Å²) in [6.07, 6.45) is 1.08. The van der Waals surface area contributed by atoms with Crippen molar-refractivity contribution in [1.82, 2.24) is 0 Å². The fourth-order valence-electron chi connectivity index (χ4n) is 3.32. The number of nitro groups is 1. The molecular weight excluding hydrogens is 196 g/mol. The highest BCUT2D eigenvalue weighted by atomic mass is 16.7. The molecule has 3 atom stereocenters. The minimum Gasteiger partial charge on any atom is -0.387 e. The molecule has 2 aliphatic carbocycles. The van der Waals surface area contributed by atoms with E-state index in [9.17, 15) is 15.2 Å². The Bertz CT molecular complexity index is 351. The fraction of sp³-hybridized carbons (Fsp3) is 0.900. The van der Waals surface area contributed by atoms with Crippen LogP contribution in [0.2, 0.25) is 0 Å². The zero-order valence-electron chi connectivity index (χ0n) is 9.23. The van der Waals surface area contributed by atoms with Gasteiger partial charge in [-0.15, -0.1) is 0 Å². The molecule has 0 saturated heterocycles. The average Bonchev–Trinajstić information content (AvgIpc) is 2.39.